The van der Waals surface area contributed by atoms with E-state index < -0.39 is 17.7 Å². The van der Waals surface area contributed by atoms with Gasteiger partial charge in [0, 0.05) is 11.3 Å². The van der Waals surface area contributed by atoms with Crippen LogP contribution in [0.25, 0.3) is 5.76 Å². The SMILES string of the molecule is CCOc1ccc(Cl)c(/C(O)=C2\C(=O)C(=O)N(c3ccc(OC)cc3)C2c2ccc(C(C)(C)C)cc2)c1. The molecule has 3 aromatic carbocycles. The first-order valence-electron chi connectivity index (χ1n) is 12.0. The van der Waals surface area contributed by atoms with Gasteiger partial charge in [-0.15, -0.1) is 0 Å². The lowest BCUT2D eigenvalue weighted by atomic mass is 9.85. The number of halogens is 1. The molecule has 0 aromatic heterocycles. The Morgan fingerprint density at radius 1 is 0.973 bits per heavy atom. The summed E-state index contributed by atoms with van der Waals surface area (Å²) in [5.74, 6) is -0.787. The maximum Gasteiger partial charge on any atom is 0.300 e. The zero-order chi connectivity index (χ0) is 26.9. The van der Waals surface area contributed by atoms with Crippen molar-refractivity contribution in [3.63, 3.8) is 0 Å². The summed E-state index contributed by atoms with van der Waals surface area (Å²) in [6, 6.07) is 18.6. The largest absolute Gasteiger partial charge is 0.507 e. The lowest BCUT2D eigenvalue weighted by Gasteiger charge is -2.27. The molecule has 4 rings (SSSR count). The predicted octanol–water partition coefficient (Wildman–Crippen LogP) is 6.67. The summed E-state index contributed by atoms with van der Waals surface area (Å²) in [6.45, 7) is 8.59. The number of Topliss-reactive ketones (excluding diaryl/α,β-unsaturated/α-hetero) is 1. The molecule has 1 aliphatic heterocycles. The van der Waals surface area contributed by atoms with Crippen LogP contribution in [0.2, 0.25) is 5.02 Å². The second-order valence-corrected chi connectivity index (χ2v) is 10.2. The van der Waals surface area contributed by atoms with Crippen molar-refractivity contribution in [3.8, 4) is 11.5 Å². The number of rotatable bonds is 6. The van der Waals surface area contributed by atoms with Gasteiger partial charge in [-0.1, -0.05) is 56.6 Å². The highest BCUT2D eigenvalue weighted by molar-refractivity contribution is 6.52. The summed E-state index contributed by atoms with van der Waals surface area (Å²) in [5, 5.41) is 11.7. The third kappa shape index (κ3) is 5.07. The molecule has 0 radical (unpaired) electrons. The van der Waals surface area contributed by atoms with E-state index in [0.717, 1.165) is 5.56 Å². The van der Waals surface area contributed by atoms with Crippen LogP contribution in [0.1, 0.15) is 50.4 Å². The van der Waals surface area contributed by atoms with Crippen LogP contribution < -0.4 is 14.4 Å². The molecule has 0 aliphatic carbocycles. The smallest absolute Gasteiger partial charge is 0.300 e. The molecule has 1 atom stereocenters. The van der Waals surface area contributed by atoms with E-state index in [9.17, 15) is 14.7 Å². The lowest BCUT2D eigenvalue weighted by Crippen LogP contribution is -2.29. The standard InChI is InChI=1S/C30H30ClNO5/c1-6-37-22-15-16-24(31)23(17-22)27(33)25-26(18-7-9-19(10-8-18)30(2,3)4)32(29(35)28(25)34)20-11-13-21(36-5)14-12-20/h7-17,26,33H,6H2,1-5H3/b27-25+. The number of benzene rings is 3. The number of hydrogen-bond donors (Lipinski definition) is 1. The van der Waals surface area contributed by atoms with Gasteiger partial charge >= 0.3 is 0 Å². The van der Waals surface area contributed by atoms with Crippen molar-refractivity contribution in [3.05, 3.63) is 94.0 Å². The van der Waals surface area contributed by atoms with Crippen LogP contribution in [0.5, 0.6) is 11.5 Å². The molecule has 1 amide bonds. The van der Waals surface area contributed by atoms with Crippen molar-refractivity contribution in [2.75, 3.05) is 18.6 Å². The molecule has 3 aromatic rings. The van der Waals surface area contributed by atoms with Crippen molar-refractivity contribution in [2.24, 2.45) is 0 Å². The van der Waals surface area contributed by atoms with Gasteiger partial charge < -0.3 is 14.6 Å². The Balaban J connectivity index is 1.93. The van der Waals surface area contributed by atoms with Crippen LogP contribution in [-0.4, -0.2) is 30.5 Å². The average molecular weight is 520 g/mol. The zero-order valence-electron chi connectivity index (χ0n) is 21.5. The van der Waals surface area contributed by atoms with Crippen molar-refractivity contribution in [2.45, 2.75) is 39.2 Å². The van der Waals surface area contributed by atoms with Crippen LogP contribution >= 0.6 is 11.6 Å². The maximum atomic E-state index is 13.5. The fourth-order valence-electron chi connectivity index (χ4n) is 4.41. The number of carbonyl (C=O) groups excluding carboxylic acids is 2. The predicted molar refractivity (Wildman–Crippen MR) is 146 cm³/mol. The Kier molecular flexibility index (Phi) is 7.32. The van der Waals surface area contributed by atoms with Crippen LogP contribution in [0.4, 0.5) is 5.69 Å². The van der Waals surface area contributed by atoms with E-state index >= 15 is 0 Å². The van der Waals surface area contributed by atoms with Gasteiger partial charge in [-0.2, -0.15) is 0 Å². The van der Waals surface area contributed by atoms with Crippen LogP contribution in [0.15, 0.2) is 72.3 Å². The number of carbonyl (C=O) groups is 2. The monoisotopic (exact) mass is 519 g/mol. The lowest BCUT2D eigenvalue weighted by molar-refractivity contribution is -0.132. The molecule has 192 valence electrons. The second kappa shape index (κ2) is 10.3. The normalized spacial score (nSPS) is 17.2. The topological polar surface area (TPSA) is 76.1 Å². The number of ether oxygens (including phenoxy) is 2. The molecule has 0 bridgehead atoms. The number of methoxy groups -OCH3 is 1. The highest BCUT2D eigenvalue weighted by Crippen LogP contribution is 2.44. The van der Waals surface area contributed by atoms with Gasteiger partial charge in [0.05, 0.1) is 30.4 Å². The van der Waals surface area contributed by atoms with E-state index in [1.54, 1.807) is 49.6 Å². The number of anilines is 1. The number of ketones is 1. The minimum Gasteiger partial charge on any atom is -0.507 e. The molecule has 1 unspecified atom stereocenters. The molecule has 1 aliphatic rings. The summed E-state index contributed by atoms with van der Waals surface area (Å²) in [6.07, 6.45) is 0. The molecule has 1 N–H and O–H groups in total. The van der Waals surface area contributed by atoms with Crippen molar-refractivity contribution in [1.82, 2.24) is 0 Å². The molecular weight excluding hydrogens is 490 g/mol. The zero-order valence-corrected chi connectivity index (χ0v) is 22.3. The van der Waals surface area contributed by atoms with Gasteiger partial charge in [-0.05, 0) is 65.9 Å². The Hall–Kier alpha value is -3.77. The number of aliphatic hydroxyl groups is 1. The summed E-state index contributed by atoms with van der Waals surface area (Å²) in [5.41, 5.74) is 2.38. The highest BCUT2D eigenvalue weighted by Gasteiger charge is 2.47. The molecule has 0 saturated carbocycles. The summed E-state index contributed by atoms with van der Waals surface area (Å²) < 4.78 is 10.8. The molecule has 1 fully saturated rings. The highest BCUT2D eigenvalue weighted by atomic mass is 35.5. The van der Waals surface area contributed by atoms with E-state index in [2.05, 4.69) is 20.8 Å². The first-order valence-corrected chi connectivity index (χ1v) is 12.4. The first-order chi connectivity index (χ1) is 17.6. The molecular formula is C30H30ClNO5. The van der Waals surface area contributed by atoms with Crippen molar-refractivity contribution >= 4 is 34.7 Å². The molecule has 6 nitrogen and oxygen atoms in total. The third-order valence-corrected chi connectivity index (χ3v) is 6.72. The van der Waals surface area contributed by atoms with Crippen molar-refractivity contribution in [1.29, 1.82) is 0 Å². The number of amides is 1. The van der Waals surface area contributed by atoms with E-state index in [-0.39, 0.29) is 27.3 Å². The summed E-state index contributed by atoms with van der Waals surface area (Å²) >= 11 is 6.43. The van der Waals surface area contributed by atoms with Crippen molar-refractivity contribution < 1.29 is 24.2 Å². The fraction of sp³-hybridized carbons (Fsp3) is 0.267. The van der Waals surface area contributed by atoms with Gasteiger partial charge in [-0.3, -0.25) is 14.5 Å². The molecule has 1 heterocycles. The Bertz CT molecular complexity index is 1350. The molecule has 1 saturated heterocycles. The van der Waals surface area contributed by atoms with E-state index in [4.69, 9.17) is 21.1 Å². The minimum atomic E-state index is -0.866. The van der Waals surface area contributed by atoms with Gasteiger partial charge in [-0.25, -0.2) is 0 Å². The Morgan fingerprint density at radius 3 is 2.16 bits per heavy atom. The van der Waals surface area contributed by atoms with E-state index in [1.165, 1.54) is 4.90 Å². The van der Waals surface area contributed by atoms with Crippen LogP contribution in [0, 0.1) is 0 Å². The third-order valence-electron chi connectivity index (χ3n) is 6.39. The Labute approximate surface area is 222 Å². The van der Waals surface area contributed by atoms with Crippen LogP contribution in [0.3, 0.4) is 0 Å². The summed E-state index contributed by atoms with van der Waals surface area (Å²) in [7, 11) is 1.55. The van der Waals surface area contributed by atoms with Gasteiger partial charge in [0.15, 0.2) is 0 Å². The van der Waals surface area contributed by atoms with Gasteiger partial charge in [0.1, 0.15) is 17.3 Å². The van der Waals surface area contributed by atoms with Crippen LogP contribution in [-0.2, 0) is 15.0 Å². The number of hydrogen-bond acceptors (Lipinski definition) is 5. The quantitative estimate of drug-likeness (QED) is 0.223. The molecule has 0 spiro atoms. The number of aliphatic hydroxyl groups excluding tert-OH is 1. The summed E-state index contributed by atoms with van der Waals surface area (Å²) in [4.78, 5) is 28.3. The fourth-order valence-corrected chi connectivity index (χ4v) is 4.62. The van der Waals surface area contributed by atoms with E-state index in [0.29, 0.717) is 29.4 Å². The van der Waals surface area contributed by atoms with Gasteiger partial charge in [0.25, 0.3) is 11.7 Å². The first kappa shape index (κ1) is 26.3. The number of nitrogens with zero attached hydrogens (tertiary/aromatic N) is 1. The van der Waals surface area contributed by atoms with Gasteiger partial charge in [0.2, 0.25) is 0 Å². The van der Waals surface area contributed by atoms with E-state index in [1.807, 2.05) is 31.2 Å². The minimum absolute atomic E-state index is 0.0418. The second-order valence-electron chi connectivity index (χ2n) is 9.81. The molecule has 37 heavy (non-hydrogen) atoms. The molecule has 7 heteroatoms. The maximum absolute atomic E-state index is 13.5. The average Bonchev–Trinajstić information content (AvgIpc) is 3.14. The Morgan fingerprint density at radius 2 is 1.59 bits per heavy atom.